The number of aromatic nitrogens is 3. The van der Waals surface area contributed by atoms with Crippen LogP contribution >= 0.6 is 11.6 Å². The lowest BCUT2D eigenvalue weighted by Gasteiger charge is -2.14. The van der Waals surface area contributed by atoms with Crippen molar-refractivity contribution in [3.8, 4) is 11.3 Å². The van der Waals surface area contributed by atoms with Crippen LogP contribution in [0.5, 0.6) is 0 Å². The standard InChI is InChI=1S/C23H19ClN4O2/c1-13-7-17(19(24)12-25-13)22-18-10-15-9-16(8-14-5-3-2-4-6-14)30-23(29)26-20(15)11-21(18)27-28-22/h2-7,10-12,16H,8-9H2,1H3,(H,26,29)(H,27,28). The number of H-pyrrole nitrogens is 1. The number of anilines is 1. The van der Waals surface area contributed by atoms with Crippen molar-refractivity contribution in [3.63, 3.8) is 0 Å². The molecule has 0 fully saturated rings. The van der Waals surface area contributed by atoms with E-state index in [1.54, 1.807) is 6.20 Å². The number of hydrogen-bond acceptors (Lipinski definition) is 4. The van der Waals surface area contributed by atoms with Gasteiger partial charge >= 0.3 is 6.09 Å². The molecule has 0 saturated heterocycles. The van der Waals surface area contributed by atoms with Crippen molar-refractivity contribution in [1.82, 2.24) is 15.2 Å². The molecule has 7 heteroatoms. The van der Waals surface area contributed by atoms with E-state index in [0.717, 1.165) is 44.7 Å². The number of benzene rings is 2. The first-order chi connectivity index (χ1) is 14.6. The molecule has 2 N–H and O–H groups in total. The first-order valence-electron chi connectivity index (χ1n) is 9.72. The second kappa shape index (κ2) is 7.46. The minimum Gasteiger partial charge on any atom is -0.445 e. The van der Waals surface area contributed by atoms with E-state index >= 15 is 0 Å². The molecule has 30 heavy (non-hydrogen) atoms. The van der Waals surface area contributed by atoms with Gasteiger partial charge in [-0.05, 0) is 36.2 Å². The highest BCUT2D eigenvalue weighted by atomic mass is 35.5. The maximum absolute atomic E-state index is 12.3. The zero-order chi connectivity index (χ0) is 20.7. The largest absolute Gasteiger partial charge is 0.445 e. The number of nitrogens with one attached hydrogen (secondary N) is 2. The lowest BCUT2D eigenvalue weighted by atomic mass is 9.98. The van der Waals surface area contributed by atoms with Crippen molar-refractivity contribution in [2.24, 2.45) is 0 Å². The van der Waals surface area contributed by atoms with Gasteiger partial charge in [0, 0.05) is 41.4 Å². The molecule has 1 atom stereocenters. The van der Waals surface area contributed by atoms with E-state index in [1.165, 1.54) is 0 Å². The van der Waals surface area contributed by atoms with Crippen LogP contribution in [0.25, 0.3) is 22.2 Å². The molecule has 150 valence electrons. The summed E-state index contributed by atoms with van der Waals surface area (Å²) in [6.45, 7) is 1.92. The first kappa shape index (κ1) is 18.6. The van der Waals surface area contributed by atoms with Crippen LogP contribution in [-0.4, -0.2) is 27.4 Å². The number of fused-ring (bicyclic) bond motifs is 2. The Labute approximate surface area is 178 Å². The Balaban J connectivity index is 1.56. The summed E-state index contributed by atoms with van der Waals surface area (Å²) in [4.78, 5) is 16.5. The molecule has 0 aliphatic carbocycles. The van der Waals surface area contributed by atoms with Gasteiger partial charge < -0.3 is 4.74 Å². The van der Waals surface area contributed by atoms with Crippen LogP contribution in [0.1, 0.15) is 16.8 Å². The summed E-state index contributed by atoms with van der Waals surface area (Å²) in [7, 11) is 0. The molecule has 1 aliphatic rings. The number of aromatic amines is 1. The molecule has 0 radical (unpaired) electrons. The van der Waals surface area contributed by atoms with E-state index in [2.05, 4.69) is 26.6 Å². The zero-order valence-corrected chi connectivity index (χ0v) is 17.0. The molecule has 0 spiro atoms. The van der Waals surface area contributed by atoms with Crippen LogP contribution in [0, 0.1) is 6.92 Å². The fraction of sp³-hybridized carbons (Fsp3) is 0.174. The van der Waals surface area contributed by atoms with Crippen molar-refractivity contribution in [1.29, 1.82) is 0 Å². The average Bonchev–Trinajstić information content (AvgIpc) is 3.05. The summed E-state index contributed by atoms with van der Waals surface area (Å²) in [5.74, 6) is 0. The maximum Gasteiger partial charge on any atom is 0.411 e. The summed E-state index contributed by atoms with van der Waals surface area (Å²) < 4.78 is 5.65. The molecule has 3 heterocycles. The van der Waals surface area contributed by atoms with E-state index in [0.29, 0.717) is 17.9 Å². The summed E-state index contributed by atoms with van der Waals surface area (Å²) in [6, 6.07) is 15.9. The minimum atomic E-state index is -0.443. The molecule has 5 rings (SSSR count). The van der Waals surface area contributed by atoms with Crippen molar-refractivity contribution >= 4 is 34.3 Å². The van der Waals surface area contributed by atoms with Crippen LogP contribution < -0.4 is 5.32 Å². The molecule has 6 nitrogen and oxygen atoms in total. The number of carbonyl (C=O) groups excluding carboxylic acids is 1. The molecular weight excluding hydrogens is 400 g/mol. The molecule has 2 aromatic carbocycles. The van der Waals surface area contributed by atoms with E-state index < -0.39 is 6.09 Å². The van der Waals surface area contributed by atoms with Gasteiger partial charge in [-0.3, -0.25) is 15.4 Å². The molecular formula is C23H19ClN4O2. The third-order valence-electron chi connectivity index (χ3n) is 5.30. The quantitative estimate of drug-likeness (QED) is 0.473. The van der Waals surface area contributed by atoms with Gasteiger partial charge in [-0.25, -0.2) is 4.79 Å². The Morgan fingerprint density at radius 2 is 2.03 bits per heavy atom. The lowest BCUT2D eigenvalue weighted by molar-refractivity contribution is 0.113. The highest BCUT2D eigenvalue weighted by Crippen LogP contribution is 2.35. The van der Waals surface area contributed by atoms with E-state index in [4.69, 9.17) is 16.3 Å². The number of amides is 1. The average molecular weight is 419 g/mol. The van der Waals surface area contributed by atoms with E-state index in [9.17, 15) is 4.79 Å². The number of hydrogen-bond donors (Lipinski definition) is 2. The highest BCUT2D eigenvalue weighted by molar-refractivity contribution is 6.33. The lowest BCUT2D eigenvalue weighted by Crippen LogP contribution is -2.22. The Bertz CT molecular complexity index is 1250. The molecule has 0 bridgehead atoms. The van der Waals surface area contributed by atoms with Crippen molar-refractivity contribution in [2.75, 3.05) is 5.32 Å². The van der Waals surface area contributed by atoms with Gasteiger partial charge in [0.15, 0.2) is 0 Å². The predicted octanol–water partition coefficient (Wildman–Crippen LogP) is 5.30. The van der Waals surface area contributed by atoms with Crippen LogP contribution in [0.3, 0.4) is 0 Å². The molecule has 0 saturated carbocycles. The van der Waals surface area contributed by atoms with E-state index in [-0.39, 0.29) is 6.10 Å². The minimum absolute atomic E-state index is 0.256. The van der Waals surface area contributed by atoms with Crippen LogP contribution in [0.15, 0.2) is 54.7 Å². The number of cyclic esters (lactones) is 1. The van der Waals surface area contributed by atoms with Gasteiger partial charge in [0.05, 0.1) is 10.5 Å². The second-order valence-corrected chi connectivity index (χ2v) is 7.89. The highest BCUT2D eigenvalue weighted by Gasteiger charge is 2.24. The second-order valence-electron chi connectivity index (χ2n) is 7.48. The van der Waals surface area contributed by atoms with Gasteiger partial charge in [-0.1, -0.05) is 41.9 Å². The van der Waals surface area contributed by atoms with Gasteiger partial charge in [0.25, 0.3) is 0 Å². The summed E-state index contributed by atoms with van der Waals surface area (Å²) in [5.41, 5.74) is 6.13. The topological polar surface area (TPSA) is 79.9 Å². The monoisotopic (exact) mass is 418 g/mol. The van der Waals surface area contributed by atoms with Gasteiger partial charge in [-0.2, -0.15) is 5.10 Å². The number of carbonyl (C=O) groups is 1. The molecule has 4 aromatic rings. The van der Waals surface area contributed by atoms with Crippen LogP contribution in [-0.2, 0) is 17.6 Å². The summed E-state index contributed by atoms with van der Waals surface area (Å²) >= 11 is 6.40. The summed E-state index contributed by atoms with van der Waals surface area (Å²) in [6.07, 6.45) is 2.20. The van der Waals surface area contributed by atoms with Gasteiger partial charge in [0.2, 0.25) is 0 Å². The molecule has 1 aliphatic heterocycles. The van der Waals surface area contributed by atoms with Crippen LogP contribution in [0.2, 0.25) is 5.02 Å². The fourth-order valence-electron chi connectivity index (χ4n) is 3.89. The fourth-order valence-corrected chi connectivity index (χ4v) is 4.09. The SMILES string of the molecule is Cc1cc(-c2n[nH]c3cc4c(cc23)CC(Cc2ccccc2)OC(=O)N4)c(Cl)cn1. The third-order valence-corrected chi connectivity index (χ3v) is 5.60. The number of rotatable bonds is 3. The van der Waals surface area contributed by atoms with Gasteiger partial charge in [0.1, 0.15) is 11.8 Å². The van der Waals surface area contributed by atoms with Crippen molar-refractivity contribution in [2.45, 2.75) is 25.9 Å². The number of ether oxygens (including phenoxy) is 1. The Morgan fingerprint density at radius 3 is 2.87 bits per heavy atom. The molecule has 1 unspecified atom stereocenters. The van der Waals surface area contributed by atoms with Crippen molar-refractivity contribution in [3.05, 3.63) is 76.6 Å². The van der Waals surface area contributed by atoms with E-state index in [1.807, 2.05) is 49.4 Å². The molecule has 1 amide bonds. The number of halogens is 1. The molecule has 2 aromatic heterocycles. The number of aryl methyl sites for hydroxylation is 1. The number of nitrogens with zero attached hydrogens (tertiary/aromatic N) is 2. The predicted molar refractivity (Wildman–Crippen MR) is 117 cm³/mol. The van der Waals surface area contributed by atoms with Crippen molar-refractivity contribution < 1.29 is 9.53 Å². The first-order valence-corrected chi connectivity index (χ1v) is 10.1. The Morgan fingerprint density at radius 1 is 1.20 bits per heavy atom. The summed E-state index contributed by atoms with van der Waals surface area (Å²) in [5, 5.41) is 11.9. The van der Waals surface area contributed by atoms with Crippen LogP contribution in [0.4, 0.5) is 10.5 Å². The zero-order valence-electron chi connectivity index (χ0n) is 16.3. The normalized spacial score (nSPS) is 15.9. The third kappa shape index (κ3) is 3.50. The number of pyridine rings is 1. The van der Waals surface area contributed by atoms with Gasteiger partial charge in [-0.15, -0.1) is 0 Å². The Kier molecular flexibility index (Phi) is 4.64. The Hall–Kier alpha value is -3.38. The maximum atomic E-state index is 12.3. The smallest absolute Gasteiger partial charge is 0.411 e.